The number of hydrogen-bond donors (Lipinski definition) is 1. The fourth-order valence-electron chi connectivity index (χ4n) is 5.53. The number of hydrogen-bond acceptors (Lipinski definition) is 6. The normalized spacial score (nSPS) is 19.5. The summed E-state index contributed by atoms with van der Waals surface area (Å²) in [6.07, 6.45) is 0. The number of amides is 2. The van der Waals surface area contributed by atoms with Crippen molar-refractivity contribution in [1.29, 1.82) is 0 Å². The minimum absolute atomic E-state index is 0.0601. The molecule has 0 saturated carbocycles. The van der Waals surface area contributed by atoms with Crippen molar-refractivity contribution < 1.29 is 19.1 Å². The average Bonchev–Trinajstić information content (AvgIpc) is 2.89. The van der Waals surface area contributed by atoms with E-state index in [2.05, 4.69) is 16.3 Å². The molecule has 1 N–H and O–H groups in total. The summed E-state index contributed by atoms with van der Waals surface area (Å²) >= 11 is 0. The van der Waals surface area contributed by atoms with Gasteiger partial charge in [0, 0.05) is 43.6 Å². The SMILES string of the molecule is COc1ccc(CN2c3cc(Nc4ccc(C(=O)N5CC6(COC6)C5)cc4)ccc3N(C)C(=O)[C@H]2C)cc1. The fraction of sp³-hybridized carbons (Fsp3) is 0.333. The van der Waals surface area contributed by atoms with Crippen LogP contribution in [0.25, 0.3) is 0 Å². The van der Waals surface area contributed by atoms with Crippen LogP contribution in [-0.2, 0) is 16.1 Å². The molecule has 0 bridgehead atoms. The van der Waals surface area contributed by atoms with Gasteiger partial charge in [-0.2, -0.15) is 0 Å². The molecule has 8 heteroatoms. The van der Waals surface area contributed by atoms with E-state index in [1.54, 1.807) is 12.0 Å². The molecular weight excluding hydrogens is 480 g/mol. The largest absolute Gasteiger partial charge is 0.497 e. The van der Waals surface area contributed by atoms with Crippen molar-refractivity contribution in [3.05, 3.63) is 77.9 Å². The van der Waals surface area contributed by atoms with E-state index in [0.717, 1.165) is 60.4 Å². The van der Waals surface area contributed by atoms with Gasteiger partial charge >= 0.3 is 0 Å². The summed E-state index contributed by atoms with van der Waals surface area (Å²) in [5, 5.41) is 3.46. The zero-order valence-electron chi connectivity index (χ0n) is 21.9. The van der Waals surface area contributed by atoms with Crippen molar-refractivity contribution in [3.8, 4) is 5.75 Å². The van der Waals surface area contributed by atoms with E-state index in [9.17, 15) is 9.59 Å². The van der Waals surface area contributed by atoms with Crippen LogP contribution in [0, 0.1) is 5.41 Å². The summed E-state index contributed by atoms with van der Waals surface area (Å²) in [7, 11) is 3.47. The third kappa shape index (κ3) is 4.24. The number of likely N-dealkylation sites (N-methyl/N-ethyl adjacent to an activating group) is 1. The Morgan fingerprint density at radius 1 is 1.00 bits per heavy atom. The van der Waals surface area contributed by atoms with E-state index in [0.29, 0.717) is 12.1 Å². The molecule has 2 amide bonds. The first kappa shape index (κ1) is 24.3. The van der Waals surface area contributed by atoms with Gasteiger partial charge in [0.25, 0.3) is 5.91 Å². The molecular formula is C30H32N4O4. The maximum Gasteiger partial charge on any atom is 0.253 e. The van der Waals surface area contributed by atoms with Crippen LogP contribution in [0.2, 0.25) is 0 Å². The van der Waals surface area contributed by atoms with Gasteiger partial charge in [-0.25, -0.2) is 0 Å². The van der Waals surface area contributed by atoms with Crippen LogP contribution < -0.4 is 19.9 Å². The van der Waals surface area contributed by atoms with Crippen molar-refractivity contribution in [3.63, 3.8) is 0 Å². The van der Waals surface area contributed by atoms with E-state index in [4.69, 9.17) is 9.47 Å². The van der Waals surface area contributed by atoms with Crippen molar-refractivity contribution in [2.75, 3.05) is 55.6 Å². The van der Waals surface area contributed by atoms with E-state index >= 15 is 0 Å². The molecule has 8 nitrogen and oxygen atoms in total. The molecule has 0 radical (unpaired) electrons. The van der Waals surface area contributed by atoms with E-state index in [1.165, 1.54) is 0 Å². The van der Waals surface area contributed by atoms with Gasteiger partial charge in [0.15, 0.2) is 0 Å². The smallest absolute Gasteiger partial charge is 0.253 e. The first-order valence-corrected chi connectivity index (χ1v) is 12.9. The third-order valence-corrected chi connectivity index (χ3v) is 7.89. The Bertz CT molecular complexity index is 1360. The zero-order valence-corrected chi connectivity index (χ0v) is 21.9. The van der Waals surface area contributed by atoms with E-state index < -0.39 is 0 Å². The first-order chi connectivity index (χ1) is 18.4. The molecule has 3 aliphatic rings. The van der Waals surface area contributed by atoms with Crippen molar-refractivity contribution >= 4 is 34.6 Å². The molecule has 3 aromatic carbocycles. The van der Waals surface area contributed by atoms with Crippen LogP contribution in [0.15, 0.2) is 66.7 Å². The second-order valence-electron chi connectivity index (χ2n) is 10.6. The van der Waals surface area contributed by atoms with Gasteiger partial charge in [-0.15, -0.1) is 0 Å². The molecule has 2 saturated heterocycles. The topological polar surface area (TPSA) is 74.4 Å². The van der Waals surface area contributed by atoms with Crippen molar-refractivity contribution in [2.24, 2.45) is 5.41 Å². The fourth-order valence-corrected chi connectivity index (χ4v) is 5.53. The molecule has 196 valence electrons. The maximum atomic E-state index is 13.0. The van der Waals surface area contributed by atoms with E-state index in [-0.39, 0.29) is 23.3 Å². The Labute approximate surface area is 222 Å². The maximum absolute atomic E-state index is 13.0. The molecule has 0 aliphatic carbocycles. The van der Waals surface area contributed by atoms with Crippen molar-refractivity contribution in [1.82, 2.24) is 4.90 Å². The van der Waals surface area contributed by atoms with Gasteiger partial charge in [-0.05, 0) is 67.1 Å². The summed E-state index contributed by atoms with van der Waals surface area (Å²) in [6, 6.07) is 21.3. The number of methoxy groups -OCH3 is 1. The minimum Gasteiger partial charge on any atom is -0.497 e. The highest BCUT2D eigenvalue weighted by atomic mass is 16.5. The Kier molecular flexibility index (Phi) is 5.99. The number of likely N-dealkylation sites (tertiary alicyclic amines) is 1. The molecule has 38 heavy (non-hydrogen) atoms. The Morgan fingerprint density at radius 3 is 2.32 bits per heavy atom. The van der Waals surface area contributed by atoms with Crippen LogP contribution in [0.4, 0.5) is 22.7 Å². The molecule has 6 rings (SSSR count). The third-order valence-electron chi connectivity index (χ3n) is 7.89. The number of ether oxygens (including phenoxy) is 2. The van der Waals surface area contributed by atoms with Gasteiger partial charge < -0.3 is 29.5 Å². The Balaban J connectivity index is 1.19. The quantitative estimate of drug-likeness (QED) is 0.532. The van der Waals surface area contributed by atoms with Gasteiger partial charge in [-0.1, -0.05) is 12.1 Å². The monoisotopic (exact) mass is 512 g/mol. The number of rotatable bonds is 6. The van der Waals surface area contributed by atoms with Gasteiger partial charge in [-0.3, -0.25) is 9.59 Å². The van der Waals surface area contributed by atoms with Crippen LogP contribution in [0.1, 0.15) is 22.8 Å². The number of anilines is 4. The second-order valence-corrected chi connectivity index (χ2v) is 10.6. The summed E-state index contributed by atoms with van der Waals surface area (Å²) in [4.78, 5) is 31.6. The second kappa shape index (κ2) is 9.36. The number of benzene rings is 3. The predicted molar refractivity (Wildman–Crippen MR) is 147 cm³/mol. The van der Waals surface area contributed by atoms with Crippen molar-refractivity contribution in [2.45, 2.75) is 19.5 Å². The van der Waals surface area contributed by atoms with E-state index in [1.807, 2.05) is 79.5 Å². The minimum atomic E-state index is -0.303. The lowest BCUT2D eigenvalue weighted by Crippen LogP contribution is -2.67. The van der Waals surface area contributed by atoms with Gasteiger partial charge in [0.05, 0.1) is 37.1 Å². The molecule has 0 unspecified atom stereocenters. The lowest BCUT2D eigenvalue weighted by molar-refractivity contribution is -0.176. The molecule has 2 fully saturated rings. The summed E-state index contributed by atoms with van der Waals surface area (Å²) in [6.45, 7) is 5.63. The molecule has 1 atom stereocenters. The van der Waals surface area contributed by atoms with Gasteiger partial charge in [0.2, 0.25) is 5.91 Å². The Hall–Kier alpha value is -4.04. The summed E-state index contributed by atoms with van der Waals surface area (Å²) in [5.41, 5.74) is 5.65. The molecule has 3 aromatic rings. The first-order valence-electron chi connectivity index (χ1n) is 12.9. The number of carbonyl (C=O) groups excluding carboxylic acids is 2. The van der Waals surface area contributed by atoms with Crippen LogP contribution >= 0.6 is 0 Å². The molecule has 3 heterocycles. The van der Waals surface area contributed by atoms with Crippen LogP contribution in [-0.4, -0.2) is 63.2 Å². The number of fused-ring (bicyclic) bond motifs is 1. The standard InChI is InChI=1S/C30H32N4O4/c1-20-28(35)32(2)26-13-10-24(14-27(26)34(20)15-21-4-11-25(37-3)12-5-21)31-23-8-6-22(7-9-23)29(36)33-16-30(17-33)18-38-19-30/h4-14,20,31H,15-19H2,1-3H3/t20-/m1/s1. The number of carbonyl (C=O) groups is 2. The molecule has 3 aliphatic heterocycles. The summed E-state index contributed by atoms with van der Waals surface area (Å²) in [5.74, 6) is 0.932. The average molecular weight is 513 g/mol. The highest BCUT2D eigenvalue weighted by Gasteiger charge is 2.50. The molecule has 1 spiro atoms. The zero-order chi connectivity index (χ0) is 26.4. The van der Waals surface area contributed by atoms with Crippen LogP contribution in [0.3, 0.4) is 0 Å². The van der Waals surface area contributed by atoms with Gasteiger partial charge in [0.1, 0.15) is 11.8 Å². The lowest BCUT2D eigenvalue weighted by atomic mass is 9.78. The number of nitrogens with zero attached hydrogens (tertiary/aromatic N) is 3. The lowest BCUT2D eigenvalue weighted by Gasteiger charge is -2.54. The van der Waals surface area contributed by atoms with Crippen LogP contribution in [0.5, 0.6) is 5.75 Å². The predicted octanol–water partition coefficient (Wildman–Crippen LogP) is 4.28. The highest BCUT2D eigenvalue weighted by molar-refractivity contribution is 6.05. The number of nitrogens with one attached hydrogen (secondary N) is 1. The Morgan fingerprint density at radius 2 is 1.68 bits per heavy atom. The molecule has 0 aromatic heterocycles. The summed E-state index contributed by atoms with van der Waals surface area (Å²) < 4.78 is 10.6. The highest BCUT2D eigenvalue weighted by Crippen LogP contribution is 2.40.